The fourth-order valence-electron chi connectivity index (χ4n) is 3.29. The van der Waals surface area contributed by atoms with Crippen molar-refractivity contribution in [1.82, 2.24) is 4.90 Å². The number of likely N-dealkylation sites (tertiary alicyclic amines) is 1. The van der Waals surface area contributed by atoms with Gasteiger partial charge in [0.15, 0.2) is 11.5 Å². The van der Waals surface area contributed by atoms with Gasteiger partial charge in [0.05, 0.1) is 17.4 Å². The Morgan fingerprint density at radius 2 is 1.96 bits per heavy atom. The Balaban J connectivity index is 0.00000243. The molecule has 1 atom stereocenters. The van der Waals surface area contributed by atoms with Gasteiger partial charge in [0.25, 0.3) is 5.69 Å². The fourth-order valence-corrected chi connectivity index (χ4v) is 3.29. The van der Waals surface area contributed by atoms with Crippen LogP contribution in [-0.4, -0.2) is 48.1 Å². The van der Waals surface area contributed by atoms with Crippen molar-refractivity contribution in [3.63, 3.8) is 0 Å². The summed E-state index contributed by atoms with van der Waals surface area (Å²) < 4.78 is 10.9. The molecular weight excluding hydrogens is 362 g/mol. The molecule has 144 valence electrons. The van der Waals surface area contributed by atoms with E-state index in [-0.39, 0.29) is 41.9 Å². The van der Waals surface area contributed by atoms with Crippen LogP contribution in [-0.2, 0) is 11.2 Å². The number of hydrogen-bond acceptors (Lipinski definition) is 6. The van der Waals surface area contributed by atoms with E-state index in [1.807, 2.05) is 13.8 Å². The molecule has 1 amide bonds. The molecule has 0 saturated carbocycles. The minimum absolute atomic E-state index is 0. The lowest BCUT2D eigenvalue weighted by molar-refractivity contribution is -0.385. The highest BCUT2D eigenvalue weighted by atomic mass is 35.5. The van der Waals surface area contributed by atoms with E-state index in [0.29, 0.717) is 43.4 Å². The summed E-state index contributed by atoms with van der Waals surface area (Å²) in [7, 11) is 0. The Morgan fingerprint density at radius 3 is 2.54 bits per heavy atom. The van der Waals surface area contributed by atoms with Crippen LogP contribution in [0.1, 0.15) is 25.8 Å². The average molecular weight is 386 g/mol. The summed E-state index contributed by atoms with van der Waals surface area (Å²) in [5.74, 6) is 0.652. The summed E-state index contributed by atoms with van der Waals surface area (Å²) >= 11 is 0. The van der Waals surface area contributed by atoms with Crippen molar-refractivity contribution in [2.75, 3.05) is 26.3 Å². The van der Waals surface area contributed by atoms with Crippen LogP contribution in [0.2, 0.25) is 0 Å². The van der Waals surface area contributed by atoms with Crippen molar-refractivity contribution in [3.8, 4) is 11.5 Å². The average Bonchev–Trinajstić information content (AvgIpc) is 2.56. The van der Waals surface area contributed by atoms with Crippen LogP contribution >= 0.6 is 12.4 Å². The van der Waals surface area contributed by atoms with E-state index in [1.165, 1.54) is 6.07 Å². The van der Waals surface area contributed by atoms with E-state index in [2.05, 4.69) is 0 Å². The number of benzene rings is 1. The number of carbonyl (C=O) groups is 1. The predicted molar refractivity (Wildman–Crippen MR) is 98.0 cm³/mol. The standard InChI is InChI=1S/C17H23N3O5.ClH/c1-17(2)10-19(4-3-15(17)18)16(21)8-11-7-13-14(25-6-5-24-13)9-12(11)20(22)23;/h7,9,15H,3-6,8,10,18H2,1-2H3;1H. The molecular formula is C17H24ClN3O5. The number of nitro benzene ring substituents is 1. The normalized spacial score (nSPS) is 20.9. The van der Waals surface area contributed by atoms with E-state index in [1.54, 1.807) is 11.0 Å². The Labute approximate surface area is 158 Å². The first-order chi connectivity index (χ1) is 11.8. The second-order valence-corrected chi connectivity index (χ2v) is 7.26. The van der Waals surface area contributed by atoms with Crippen molar-refractivity contribution < 1.29 is 19.2 Å². The van der Waals surface area contributed by atoms with E-state index in [0.717, 1.165) is 6.42 Å². The Hall–Kier alpha value is -2.06. The molecule has 2 aliphatic heterocycles. The van der Waals surface area contributed by atoms with Gasteiger partial charge in [-0.15, -0.1) is 12.4 Å². The summed E-state index contributed by atoms with van der Waals surface area (Å²) in [6, 6.07) is 2.93. The number of piperidine rings is 1. The van der Waals surface area contributed by atoms with E-state index in [9.17, 15) is 14.9 Å². The first-order valence-electron chi connectivity index (χ1n) is 8.38. The van der Waals surface area contributed by atoms with Gasteiger partial charge in [-0.05, 0) is 17.9 Å². The lowest BCUT2D eigenvalue weighted by Gasteiger charge is -2.42. The highest BCUT2D eigenvalue weighted by Gasteiger charge is 2.36. The molecule has 26 heavy (non-hydrogen) atoms. The molecule has 1 fully saturated rings. The minimum Gasteiger partial charge on any atom is -0.486 e. The topological polar surface area (TPSA) is 108 Å². The Bertz CT molecular complexity index is 710. The van der Waals surface area contributed by atoms with Crippen LogP contribution in [0.15, 0.2) is 12.1 Å². The molecule has 3 rings (SSSR count). The Kier molecular flexibility index (Phi) is 5.98. The molecule has 1 saturated heterocycles. The minimum atomic E-state index is -0.489. The molecule has 9 heteroatoms. The van der Waals surface area contributed by atoms with Crippen molar-refractivity contribution in [2.24, 2.45) is 11.1 Å². The van der Waals surface area contributed by atoms with Crippen LogP contribution in [0.3, 0.4) is 0 Å². The molecule has 1 unspecified atom stereocenters. The zero-order valence-corrected chi connectivity index (χ0v) is 15.7. The first kappa shape index (κ1) is 20.3. The molecule has 1 aromatic rings. The maximum atomic E-state index is 12.7. The van der Waals surface area contributed by atoms with Crippen LogP contribution in [0.4, 0.5) is 5.69 Å². The van der Waals surface area contributed by atoms with Gasteiger partial charge in [0, 0.05) is 24.7 Å². The van der Waals surface area contributed by atoms with Crippen LogP contribution < -0.4 is 15.2 Å². The molecule has 1 aromatic carbocycles. The van der Waals surface area contributed by atoms with Gasteiger partial charge < -0.3 is 20.1 Å². The second-order valence-electron chi connectivity index (χ2n) is 7.26. The largest absolute Gasteiger partial charge is 0.486 e. The molecule has 0 radical (unpaired) electrons. The number of halogens is 1. The molecule has 0 spiro atoms. The van der Waals surface area contributed by atoms with E-state index < -0.39 is 4.92 Å². The SMILES string of the molecule is CC1(C)CN(C(=O)Cc2cc3c(cc2[N+](=O)[O-])OCCO3)CCC1N.Cl. The third kappa shape index (κ3) is 4.02. The third-order valence-corrected chi connectivity index (χ3v) is 4.95. The summed E-state index contributed by atoms with van der Waals surface area (Å²) in [6.07, 6.45) is 0.681. The summed E-state index contributed by atoms with van der Waals surface area (Å²) in [6.45, 7) is 5.92. The molecule has 0 aliphatic carbocycles. The highest BCUT2D eigenvalue weighted by molar-refractivity contribution is 5.85. The Morgan fingerprint density at radius 1 is 1.35 bits per heavy atom. The lowest BCUT2D eigenvalue weighted by Crippen LogP contribution is -2.54. The fraction of sp³-hybridized carbons (Fsp3) is 0.588. The quantitative estimate of drug-likeness (QED) is 0.629. The number of fused-ring (bicyclic) bond motifs is 1. The molecule has 0 aromatic heterocycles. The zero-order valence-electron chi connectivity index (χ0n) is 14.9. The van der Waals surface area contributed by atoms with Gasteiger partial charge in [-0.1, -0.05) is 13.8 Å². The van der Waals surface area contributed by atoms with Crippen molar-refractivity contribution in [3.05, 3.63) is 27.8 Å². The summed E-state index contributed by atoms with van der Waals surface area (Å²) in [5, 5.41) is 11.4. The van der Waals surface area contributed by atoms with Gasteiger partial charge >= 0.3 is 0 Å². The van der Waals surface area contributed by atoms with Crippen LogP contribution in [0, 0.1) is 15.5 Å². The number of carbonyl (C=O) groups excluding carboxylic acids is 1. The van der Waals surface area contributed by atoms with Crippen molar-refractivity contribution >= 4 is 24.0 Å². The molecule has 2 aliphatic rings. The third-order valence-electron chi connectivity index (χ3n) is 4.95. The lowest BCUT2D eigenvalue weighted by atomic mass is 9.79. The van der Waals surface area contributed by atoms with Crippen molar-refractivity contribution in [2.45, 2.75) is 32.7 Å². The molecule has 2 heterocycles. The monoisotopic (exact) mass is 385 g/mol. The zero-order chi connectivity index (χ0) is 18.2. The molecule has 0 bridgehead atoms. The van der Waals surface area contributed by atoms with E-state index in [4.69, 9.17) is 15.2 Å². The van der Waals surface area contributed by atoms with Crippen molar-refractivity contribution in [1.29, 1.82) is 0 Å². The number of nitro groups is 1. The van der Waals surface area contributed by atoms with Crippen LogP contribution in [0.25, 0.3) is 0 Å². The smallest absolute Gasteiger partial charge is 0.277 e. The number of nitrogens with two attached hydrogens (primary N) is 1. The van der Waals surface area contributed by atoms with Crippen LogP contribution in [0.5, 0.6) is 11.5 Å². The maximum Gasteiger partial charge on any atom is 0.277 e. The van der Waals surface area contributed by atoms with Gasteiger partial charge in [-0.3, -0.25) is 14.9 Å². The van der Waals surface area contributed by atoms with Gasteiger partial charge in [0.2, 0.25) is 5.91 Å². The van der Waals surface area contributed by atoms with E-state index >= 15 is 0 Å². The number of rotatable bonds is 3. The summed E-state index contributed by atoms with van der Waals surface area (Å²) in [5.41, 5.74) is 6.16. The highest BCUT2D eigenvalue weighted by Crippen LogP contribution is 2.37. The number of hydrogen-bond donors (Lipinski definition) is 1. The molecule has 8 nitrogen and oxygen atoms in total. The van der Waals surface area contributed by atoms with Gasteiger partial charge in [-0.25, -0.2) is 0 Å². The number of nitrogens with zero attached hydrogens (tertiary/aromatic N) is 2. The van der Waals surface area contributed by atoms with Gasteiger partial charge in [0.1, 0.15) is 13.2 Å². The number of ether oxygens (including phenoxy) is 2. The number of amides is 1. The second kappa shape index (κ2) is 7.67. The molecule has 2 N–H and O–H groups in total. The summed E-state index contributed by atoms with van der Waals surface area (Å²) in [4.78, 5) is 25.3. The van der Waals surface area contributed by atoms with Gasteiger partial charge in [-0.2, -0.15) is 0 Å². The predicted octanol–water partition coefficient (Wildman–Crippen LogP) is 1.92. The first-order valence-corrected chi connectivity index (χ1v) is 8.38. The maximum absolute atomic E-state index is 12.7.